The molecule has 0 amide bonds. The average molecular weight is 644 g/mol. The van der Waals surface area contributed by atoms with Crippen molar-refractivity contribution in [1.82, 2.24) is 14.5 Å². The van der Waals surface area contributed by atoms with Crippen molar-refractivity contribution >= 4 is 55.3 Å². The Kier molecular flexibility index (Phi) is 6.62. The van der Waals surface area contributed by atoms with E-state index in [9.17, 15) is 0 Å². The number of para-hydroxylation sites is 3. The molecule has 238 valence electrons. The Morgan fingerprint density at radius 1 is 0.540 bits per heavy atom. The van der Waals surface area contributed by atoms with E-state index in [1.165, 1.54) is 43.6 Å². The minimum atomic E-state index is -0.199. The molecular formula is C45H33N5. The number of hydrogen-bond acceptors (Lipinski definition) is 3. The molecule has 1 N–H and O–H groups in total. The Labute approximate surface area is 289 Å². The minimum absolute atomic E-state index is 0.193. The molecule has 5 nitrogen and oxygen atoms in total. The number of benzene rings is 6. The second kappa shape index (κ2) is 11.6. The molecule has 50 heavy (non-hydrogen) atoms. The highest BCUT2D eigenvalue weighted by molar-refractivity contribution is 6.19. The van der Waals surface area contributed by atoms with E-state index in [1.807, 2.05) is 6.07 Å². The zero-order valence-electron chi connectivity index (χ0n) is 27.3. The Hall–Kier alpha value is -6.46. The van der Waals surface area contributed by atoms with Gasteiger partial charge in [0, 0.05) is 44.4 Å². The highest BCUT2D eigenvalue weighted by atomic mass is 15.2. The van der Waals surface area contributed by atoms with Crippen LogP contribution in [-0.4, -0.2) is 20.8 Å². The van der Waals surface area contributed by atoms with Gasteiger partial charge in [0.15, 0.2) is 5.84 Å². The summed E-state index contributed by atoms with van der Waals surface area (Å²) in [6.07, 6.45) is 9.34. The van der Waals surface area contributed by atoms with Gasteiger partial charge in [-0.25, -0.2) is 9.98 Å². The molecule has 0 bridgehead atoms. The van der Waals surface area contributed by atoms with Crippen LogP contribution in [0.1, 0.15) is 23.7 Å². The maximum atomic E-state index is 5.12. The minimum Gasteiger partial charge on any atom is -0.348 e. The SMILES string of the molecule is C1=CCC(C2=NC(c3ccc(-n4c5ccccc5c5cc6c(cc54)c4ccccc4n6-c4ccccc4)cc3)=NC(c3ccccc3)N2)C=C1. The topological polar surface area (TPSA) is 46.6 Å². The van der Waals surface area contributed by atoms with Crippen LogP contribution in [-0.2, 0) is 0 Å². The van der Waals surface area contributed by atoms with Crippen LogP contribution in [0.15, 0.2) is 180 Å². The summed E-state index contributed by atoms with van der Waals surface area (Å²) in [5.41, 5.74) is 9.16. The van der Waals surface area contributed by atoms with Crippen molar-refractivity contribution in [2.75, 3.05) is 0 Å². The molecule has 2 aromatic heterocycles. The predicted molar refractivity (Wildman–Crippen MR) is 208 cm³/mol. The fourth-order valence-corrected chi connectivity index (χ4v) is 7.70. The van der Waals surface area contributed by atoms with Gasteiger partial charge in [-0.3, -0.25) is 0 Å². The summed E-state index contributed by atoms with van der Waals surface area (Å²) in [5.74, 6) is 1.90. The zero-order chi connectivity index (χ0) is 33.0. The quantitative estimate of drug-likeness (QED) is 0.199. The standard InChI is InChI=1S/C45H33N5/c1-4-14-30(15-5-1)43-46-44(31-16-6-2-7-17-31)48-45(47-43)32-24-26-34(27-25-32)50-40-23-13-11-21-36(40)38-28-41-37(29-42(38)50)35-20-10-12-22-39(35)49(41)33-18-8-3-9-19-33/h1-16,18-29,31,43H,17H2,(H,46,47,48). The Bertz CT molecular complexity index is 2690. The van der Waals surface area contributed by atoms with Crippen molar-refractivity contribution in [3.63, 3.8) is 0 Å². The number of aromatic nitrogens is 2. The predicted octanol–water partition coefficient (Wildman–Crippen LogP) is 10.5. The smallest absolute Gasteiger partial charge is 0.159 e. The van der Waals surface area contributed by atoms with Gasteiger partial charge in [0.1, 0.15) is 12.0 Å². The Morgan fingerprint density at radius 3 is 1.74 bits per heavy atom. The van der Waals surface area contributed by atoms with Crippen LogP contribution >= 0.6 is 0 Å². The molecule has 0 fully saturated rings. The number of amidine groups is 2. The van der Waals surface area contributed by atoms with Crippen LogP contribution in [0.2, 0.25) is 0 Å². The molecule has 1 aliphatic carbocycles. The molecule has 0 spiro atoms. The molecule has 2 atom stereocenters. The van der Waals surface area contributed by atoms with Gasteiger partial charge in [-0.2, -0.15) is 0 Å². The molecule has 6 aromatic carbocycles. The number of allylic oxidation sites excluding steroid dienone is 3. The summed E-state index contributed by atoms with van der Waals surface area (Å²) >= 11 is 0. The number of fused-ring (bicyclic) bond motifs is 6. The van der Waals surface area contributed by atoms with E-state index in [1.54, 1.807) is 0 Å². The van der Waals surface area contributed by atoms with Crippen molar-refractivity contribution in [2.45, 2.75) is 12.6 Å². The maximum Gasteiger partial charge on any atom is 0.159 e. The fraction of sp³-hybridized carbons (Fsp3) is 0.0667. The molecule has 8 aromatic rings. The lowest BCUT2D eigenvalue weighted by Gasteiger charge is -2.27. The van der Waals surface area contributed by atoms with E-state index in [-0.39, 0.29) is 12.1 Å². The molecule has 2 aliphatic rings. The molecule has 0 radical (unpaired) electrons. The number of hydrogen-bond donors (Lipinski definition) is 1. The molecule has 10 rings (SSSR count). The molecular weight excluding hydrogens is 611 g/mol. The first-order valence-electron chi connectivity index (χ1n) is 17.2. The van der Waals surface area contributed by atoms with E-state index >= 15 is 0 Å². The van der Waals surface area contributed by atoms with Crippen LogP contribution in [0.4, 0.5) is 0 Å². The Morgan fingerprint density at radius 2 is 1.12 bits per heavy atom. The van der Waals surface area contributed by atoms with Gasteiger partial charge in [0.25, 0.3) is 0 Å². The number of nitrogens with one attached hydrogen (secondary N) is 1. The van der Waals surface area contributed by atoms with E-state index in [4.69, 9.17) is 9.98 Å². The Balaban J connectivity index is 1.13. The zero-order valence-corrected chi connectivity index (χ0v) is 27.3. The lowest BCUT2D eigenvalue weighted by atomic mass is 9.98. The van der Waals surface area contributed by atoms with E-state index in [0.29, 0.717) is 0 Å². The van der Waals surface area contributed by atoms with Crippen LogP contribution in [0, 0.1) is 5.92 Å². The first-order valence-corrected chi connectivity index (χ1v) is 17.2. The number of rotatable bonds is 5. The third kappa shape index (κ3) is 4.62. The first-order chi connectivity index (χ1) is 24.8. The summed E-state index contributed by atoms with van der Waals surface area (Å²) in [6, 6.07) is 52.0. The normalized spacial score (nSPS) is 17.4. The van der Waals surface area contributed by atoms with Gasteiger partial charge in [-0.05, 0) is 72.6 Å². The maximum absolute atomic E-state index is 5.12. The summed E-state index contributed by atoms with van der Waals surface area (Å²) in [5, 5.41) is 8.57. The van der Waals surface area contributed by atoms with E-state index < -0.39 is 0 Å². The first kappa shape index (κ1) is 28.5. The van der Waals surface area contributed by atoms with Crippen molar-refractivity contribution in [3.05, 3.63) is 181 Å². The largest absolute Gasteiger partial charge is 0.348 e. The molecule has 2 unspecified atom stereocenters. The van der Waals surface area contributed by atoms with Crippen LogP contribution in [0.25, 0.3) is 55.0 Å². The molecule has 0 saturated carbocycles. The summed E-state index contributed by atoms with van der Waals surface area (Å²) < 4.78 is 4.79. The van der Waals surface area contributed by atoms with Crippen LogP contribution < -0.4 is 5.32 Å². The molecule has 3 heterocycles. The van der Waals surface area contributed by atoms with Crippen molar-refractivity contribution < 1.29 is 0 Å². The van der Waals surface area contributed by atoms with E-state index in [0.717, 1.165) is 40.6 Å². The lowest BCUT2D eigenvalue weighted by molar-refractivity contribution is 0.642. The molecule has 1 aliphatic heterocycles. The second-order valence-corrected chi connectivity index (χ2v) is 13.0. The average Bonchev–Trinajstić information content (AvgIpc) is 3.70. The summed E-state index contributed by atoms with van der Waals surface area (Å²) in [6.45, 7) is 0. The fourth-order valence-electron chi connectivity index (χ4n) is 7.70. The van der Waals surface area contributed by atoms with E-state index in [2.05, 4.69) is 178 Å². The van der Waals surface area contributed by atoms with Crippen molar-refractivity contribution in [2.24, 2.45) is 15.9 Å². The summed E-state index contributed by atoms with van der Waals surface area (Å²) in [7, 11) is 0. The highest BCUT2D eigenvalue weighted by Crippen LogP contribution is 2.39. The van der Waals surface area contributed by atoms with Gasteiger partial charge >= 0.3 is 0 Å². The highest BCUT2D eigenvalue weighted by Gasteiger charge is 2.25. The lowest BCUT2D eigenvalue weighted by Crippen LogP contribution is -2.37. The van der Waals surface area contributed by atoms with Gasteiger partial charge in [0.05, 0.1) is 22.1 Å². The van der Waals surface area contributed by atoms with Gasteiger partial charge in [0.2, 0.25) is 0 Å². The third-order valence-electron chi connectivity index (χ3n) is 10.1. The van der Waals surface area contributed by atoms with Crippen LogP contribution in [0.3, 0.4) is 0 Å². The number of nitrogens with zero attached hydrogens (tertiary/aromatic N) is 4. The second-order valence-electron chi connectivity index (χ2n) is 13.0. The third-order valence-corrected chi connectivity index (χ3v) is 10.1. The van der Waals surface area contributed by atoms with Crippen molar-refractivity contribution in [1.29, 1.82) is 0 Å². The van der Waals surface area contributed by atoms with Crippen molar-refractivity contribution in [3.8, 4) is 11.4 Å². The van der Waals surface area contributed by atoms with Crippen LogP contribution in [0.5, 0.6) is 0 Å². The van der Waals surface area contributed by atoms with Gasteiger partial charge in [-0.15, -0.1) is 0 Å². The monoisotopic (exact) mass is 643 g/mol. The van der Waals surface area contributed by atoms with Gasteiger partial charge < -0.3 is 14.5 Å². The summed E-state index contributed by atoms with van der Waals surface area (Å²) in [4.78, 5) is 10.2. The van der Waals surface area contributed by atoms with Gasteiger partial charge in [-0.1, -0.05) is 109 Å². The number of aliphatic imine (C=N–C) groups is 2. The molecule has 5 heteroatoms. The molecule has 0 saturated heterocycles.